The minimum atomic E-state index is 0.711. The molecule has 8 unspecified atom stereocenters. The van der Waals surface area contributed by atoms with Crippen LogP contribution in [0.2, 0.25) is 0 Å². The molecule has 2 N–H and O–H groups in total. The van der Waals surface area contributed by atoms with Crippen molar-refractivity contribution < 1.29 is 0 Å². The Labute approximate surface area is 176 Å². The molecule has 3 aliphatic carbocycles. The lowest BCUT2D eigenvalue weighted by Gasteiger charge is -2.45. The minimum absolute atomic E-state index is 0.711. The van der Waals surface area contributed by atoms with E-state index in [1.165, 1.54) is 89.9 Å². The average molecular weight is 391 g/mol. The molecule has 3 aliphatic rings. The van der Waals surface area contributed by atoms with E-state index in [0.717, 1.165) is 35.8 Å². The van der Waals surface area contributed by atoms with E-state index < -0.39 is 0 Å². The zero-order valence-electron chi connectivity index (χ0n) is 19.5. The largest absolute Gasteiger partial charge is 0.309 e. The molecule has 0 aromatic rings. The summed E-state index contributed by atoms with van der Waals surface area (Å²) in [5.41, 5.74) is 0. The first-order valence-corrected chi connectivity index (χ1v) is 13.2. The van der Waals surface area contributed by atoms with Gasteiger partial charge in [0.1, 0.15) is 0 Å². The van der Waals surface area contributed by atoms with Gasteiger partial charge in [-0.2, -0.15) is 0 Å². The molecule has 0 heterocycles. The number of rotatable bonds is 8. The molecule has 0 saturated heterocycles. The van der Waals surface area contributed by atoms with Crippen molar-refractivity contribution in [1.29, 1.82) is 0 Å². The molecule has 3 saturated carbocycles. The van der Waals surface area contributed by atoms with E-state index in [0.29, 0.717) is 12.1 Å². The van der Waals surface area contributed by atoms with Crippen molar-refractivity contribution in [2.75, 3.05) is 0 Å². The van der Waals surface area contributed by atoms with Gasteiger partial charge in [0.2, 0.25) is 0 Å². The summed E-state index contributed by atoms with van der Waals surface area (Å²) in [6.45, 7) is 9.78. The van der Waals surface area contributed by atoms with Gasteiger partial charge in [-0.3, -0.25) is 0 Å². The Kier molecular flexibility index (Phi) is 9.16. The van der Waals surface area contributed by atoms with Crippen LogP contribution in [0.1, 0.15) is 118 Å². The maximum atomic E-state index is 4.26. The molecular formula is C26H50N2. The highest BCUT2D eigenvalue weighted by atomic mass is 15.1. The third-order valence-electron chi connectivity index (χ3n) is 9.01. The van der Waals surface area contributed by atoms with Crippen LogP contribution in [-0.4, -0.2) is 24.2 Å². The van der Waals surface area contributed by atoms with Crippen LogP contribution in [0.3, 0.4) is 0 Å². The molecule has 28 heavy (non-hydrogen) atoms. The molecule has 8 atom stereocenters. The normalized spacial score (nSPS) is 39.4. The predicted octanol–water partition coefficient (Wildman–Crippen LogP) is 6.69. The molecule has 3 fully saturated rings. The Morgan fingerprint density at radius 3 is 1.21 bits per heavy atom. The lowest BCUT2D eigenvalue weighted by Crippen LogP contribution is -2.58. The van der Waals surface area contributed by atoms with Gasteiger partial charge in [-0.1, -0.05) is 79.1 Å². The Balaban J connectivity index is 1.63. The molecule has 2 nitrogen and oxygen atoms in total. The fourth-order valence-corrected chi connectivity index (χ4v) is 6.78. The van der Waals surface area contributed by atoms with Crippen molar-refractivity contribution in [3.8, 4) is 0 Å². The van der Waals surface area contributed by atoms with Gasteiger partial charge < -0.3 is 10.6 Å². The van der Waals surface area contributed by atoms with Crippen molar-refractivity contribution >= 4 is 0 Å². The monoisotopic (exact) mass is 390 g/mol. The quantitative estimate of drug-likeness (QED) is 0.482. The highest BCUT2D eigenvalue weighted by Crippen LogP contribution is 2.35. The molecule has 0 aromatic heterocycles. The van der Waals surface area contributed by atoms with Gasteiger partial charge in [0.05, 0.1) is 0 Å². The average Bonchev–Trinajstić information content (AvgIpc) is 2.74. The summed E-state index contributed by atoms with van der Waals surface area (Å²) in [4.78, 5) is 0. The first-order chi connectivity index (χ1) is 13.6. The fourth-order valence-electron chi connectivity index (χ4n) is 6.78. The fraction of sp³-hybridized carbons (Fsp3) is 1.00. The van der Waals surface area contributed by atoms with Crippen LogP contribution in [0.15, 0.2) is 0 Å². The van der Waals surface area contributed by atoms with E-state index in [1.807, 2.05) is 0 Å². The van der Waals surface area contributed by atoms with E-state index in [2.05, 4.69) is 38.3 Å². The lowest BCUT2D eigenvalue weighted by atomic mass is 9.74. The van der Waals surface area contributed by atoms with Gasteiger partial charge in [0.15, 0.2) is 0 Å². The Bertz CT molecular complexity index is 396. The van der Waals surface area contributed by atoms with Crippen LogP contribution in [0, 0.1) is 23.7 Å². The molecule has 0 bridgehead atoms. The van der Waals surface area contributed by atoms with Crippen molar-refractivity contribution in [3.05, 3.63) is 0 Å². The highest BCUT2D eigenvalue weighted by Gasteiger charge is 2.36. The van der Waals surface area contributed by atoms with E-state index >= 15 is 0 Å². The Morgan fingerprint density at radius 1 is 0.536 bits per heavy atom. The first kappa shape index (κ1) is 22.6. The summed E-state index contributed by atoms with van der Waals surface area (Å²) < 4.78 is 0. The summed E-state index contributed by atoms with van der Waals surface area (Å²) >= 11 is 0. The standard InChI is InChI=1S/C26H50N2/c1-5-19(3)21-13-7-9-15-23(21)27-25-17-11-12-18-26(25)28-24-16-10-8-14-22(24)20(4)6-2/h19-28H,5-18H2,1-4H3. The van der Waals surface area contributed by atoms with Crippen LogP contribution >= 0.6 is 0 Å². The molecule has 0 amide bonds. The van der Waals surface area contributed by atoms with Gasteiger partial charge >= 0.3 is 0 Å². The SMILES string of the molecule is CCC(C)C1CCCCC1NC1CCCCC1NC1CCCCC1C(C)CC. The second-order valence-corrected chi connectivity index (χ2v) is 10.7. The third-order valence-corrected chi connectivity index (χ3v) is 9.01. The van der Waals surface area contributed by atoms with Crippen LogP contribution in [-0.2, 0) is 0 Å². The highest BCUT2D eigenvalue weighted by molar-refractivity contribution is 4.95. The van der Waals surface area contributed by atoms with Crippen molar-refractivity contribution in [2.45, 2.75) is 142 Å². The number of hydrogen-bond acceptors (Lipinski definition) is 2. The predicted molar refractivity (Wildman–Crippen MR) is 123 cm³/mol. The van der Waals surface area contributed by atoms with E-state index in [-0.39, 0.29) is 0 Å². The van der Waals surface area contributed by atoms with E-state index in [4.69, 9.17) is 0 Å². The van der Waals surface area contributed by atoms with Gasteiger partial charge in [-0.05, 0) is 62.2 Å². The van der Waals surface area contributed by atoms with Gasteiger partial charge in [-0.25, -0.2) is 0 Å². The Morgan fingerprint density at radius 2 is 0.857 bits per heavy atom. The summed E-state index contributed by atoms with van der Waals surface area (Å²) in [6, 6.07) is 2.96. The van der Waals surface area contributed by atoms with E-state index in [9.17, 15) is 0 Å². The summed E-state index contributed by atoms with van der Waals surface area (Å²) in [5.74, 6) is 3.56. The molecule has 2 heteroatoms. The zero-order valence-corrected chi connectivity index (χ0v) is 19.5. The molecule has 0 aliphatic heterocycles. The molecule has 0 radical (unpaired) electrons. The van der Waals surface area contributed by atoms with E-state index in [1.54, 1.807) is 0 Å². The second kappa shape index (κ2) is 11.3. The second-order valence-electron chi connectivity index (χ2n) is 10.7. The van der Waals surface area contributed by atoms with Gasteiger partial charge in [0.25, 0.3) is 0 Å². The summed E-state index contributed by atoms with van der Waals surface area (Å²) in [6.07, 6.45) is 19.8. The topological polar surface area (TPSA) is 24.1 Å². The molecule has 164 valence electrons. The van der Waals surface area contributed by atoms with Crippen LogP contribution in [0.4, 0.5) is 0 Å². The maximum Gasteiger partial charge on any atom is 0.0224 e. The van der Waals surface area contributed by atoms with Crippen molar-refractivity contribution in [2.24, 2.45) is 23.7 Å². The van der Waals surface area contributed by atoms with Gasteiger partial charge in [0, 0.05) is 24.2 Å². The molecule has 0 spiro atoms. The third kappa shape index (κ3) is 5.75. The van der Waals surface area contributed by atoms with Gasteiger partial charge in [-0.15, -0.1) is 0 Å². The zero-order chi connectivity index (χ0) is 19.9. The first-order valence-electron chi connectivity index (χ1n) is 13.2. The van der Waals surface area contributed by atoms with Crippen molar-refractivity contribution in [3.63, 3.8) is 0 Å². The van der Waals surface area contributed by atoms with Crippen LogP contribution in [0.25, 0.3) is 0 Å². The van der Waals surface area contributed by atoms with Crippen molar-refractivity contribution in [1.82, 2.24) is 10.6 Å². The summed E-state index contributed by atoms with van der Waals surface area (Å²) in [7, 11) is 0. The smallest absolute Gasteiger partial charge is 0.0224 e. The molecule has 3 rings (SSSR count). The number of nitrogens with one attached hydrogen (secondary N) is 2. The Hall–Kier alpha value is -0.0800. The van der Waals surface area contributed by atoms with Crippen LogP contribution < -0.4 is 10.6 Å². The lowest BCUT2D eigenvalue weighted by molar-refractivity contribution is 0.130. The number of hydrogen-bond donors (Lipinski definition) is 2. The minimum Gasteiger partial charge on any atom is -0.309 e. The summed E-state index contributed by atoms with van der Waals surface area (Å²) in [5, 5.41) is 8.52. The molecule has 0 aromatic carbocycles. The molecular weight excluding hydrogens is 340 g/mol. The maximum absolute atomic E-state index is 4.26. The van der Waals surface area contributed by atoms with Crippen LogP contribution in [0.5, 0.6) is 0 Å².